The molecule has 1 saturated heterocycles. The highest BCUT2D eigenvalue weighted by Gasteiger charge is 2.36. The highest BCUT2D eigenvalue weighted by Crippen LogP contribution is 2.36. The molecule has 3 atom stereocenters. The number of furan rings is 1. The first kappa shape index (κ1) is 30.8. The molecule has 2 aromatic carbocycles. The highest BCUT2D eigenvalue weighted by molar-refractivity contribution is 7.99. The number of nitrogens with zero attached hydrogens (tertiary/aromatic N) is 1. The summed E-state index contributed by atoms with van der Waals surface area (Å²) in [5.74, 6) is -0.0583. The first-order valence-corrected chi connectivity index (χ1v) is 14.7. The van der Waals surface area contributed by atoms with Crippen LogP contribution < -0.4 is 21.5 Å². The number of thioether (sulfide) groups is 1. The Bertz CT molecular complexity index is 1410. The topological polar surface area (TPSA) is 138 Å². The third kappa shape index (κ3) is 6.04. The number of methoxy groups -OCH3 is 1. The quantitative estimate of drug-likeness (QED) is 0.178. The molecule has 0 spiro atoms. The van der Waals surface area contributed by atoms with Gasteiger partial charge < -0.3 is 29.8 Å². The number of phenolic OH excluding ortho intramolecular Hbond substituents is 1. The van der Waals surface area contributed by atoms with Crippen molar-refractivity contribution in [3.8, 4) is 5.75 Å². The second-order valence-corrected chi connectivity index (χ2v) is 10.2. The van der Waals surface area contributed by atoms with Crippen molar-refractivity contribution in [2.45, 2.75) is 64.3 Å². The van der Waals surface area contributed by atoms with E-state index in [2.05, 4.69) is 10.6 Å². The van der Waals surface area contributed by atoms with E-state index in [4.69, 9.17) is 9.15 Å². The van der Waals surface area contributed by atoms with Crippen molar-refractivity contribution in [1.29, 1.82) is 0 Å². The number of aromatic hydroxyl groups is 1. The van der Waals surface area contributed by atoms with Crippen LogP contribution in [0.1, 0.15) is 68.0 Å². The van der Waals surface area contributed by atoms with Gasteiger partial charge in [-0.2, -0.15) is 11.8 Å². The average molecular weight is 572 g/mol. The maximum absolute atomic E-state index is 13.2. The fraction of sp³-hybridized carbons (Fsp3) is 0.448. The van der Waals surface area contributed by atoms with E-state index in [0.29, 0.717) is 25.1 Å². The van der Waals surface area contributed by atoms with Gasteiger partial charge in [-0.15, -0.1) is 0 Å². The number of amides is 1. The van der Waals surface area contributed by atoms with Crippen LogP contribution in [0.2, 0.25) is 0 Å². The Hall–Kier alpha value is -3.73. The molecule has 0 radical (unpaired) electrons. The summed E-state index contributed by atoms with van der Waals surface area (Å²) in [6.07, 6.45) is 3.85. The van der Waals surface area contributed by atoms with Gasteiger partial charge >= 0.3 is 5.97 Å². The molecule has 1 aromatic heterocycles. The van der Waals surface area contributed by atoms with Crippen LogP contribution in [0.15, 0.2) is 44.3 Å². The van der Waals surface area contributed by atoms with Crippen LogP contribution in [-0.4, -0.2) is 53.1 Å². The number of benzene rings is 1. The number of phenols is 1. The molecule has 1 fully saturated rings. The van der Waals surface area contributed by atoms with Gasteiger partial charge in [-0.1, -0.05) is 26.8 Å². The van der Waals surface area contributed by atoms with E-state index in [0.717, 1.165) is 12.2 Å². The summed E-state index contributed by atoms with van der Waals surface area (Å²) in [4.78, 5) is 51.8. The van der Waals surface area contributed by atoms with Gasteiger partial charge in [0.1, 0.15) is 28.9 Å². The summed E-state index contributed by atoms with van der Waals surface area (Å²) < 4.78 is 10.6. The predicted octanol–water partition coefficient (Wildman–Crippen LogP) is 4.73. The number of hydrogen-bond acceptors (Lipinski definition) is 10. The standard InChI is InChI=1S/C27H31N3O7S.C2H6/c1-5-19(38-4)20(18-12-11-14(2)37-18)29-22-21(24(32)25(22)33)28-16-9-6-8-15(23(16)31)26(34)30-13-7-10-17(30)27(35)36-3;1-2/h6,8-9,11-12,17,19-20,28-29,31H,5,7,10,13H2,1-4H3;1-2H3/t17-,19?,20?;/m1./s1. The lowest BCUT2D eigenvalue weighted by atomic mass is 10.1. The Balaban J connectivity index is 0.00000216. The molecule has 10 nitrogen and oxygen atoms in total. The van der Waals surface area contributed by atoms with Gasteiger partial charge in [-0.25, -0.2) is 4.79 Å². The fourth-order valence-electron chi connectivity index (χ4n) is 4.81. The smallest absolute Gasteiger partial charge is 0.328 e. The van der Waals surface area contributed by atoms with E-state index in [-0.39, 0.29) is 39.7 Å². The van der Waals surface area contributed by atoms with Gasteiger partial charge in [0.25, 0.3) is 16.8 Å². The fourth-order valence-corrected chi connectivity index (χ4v) is 5.62. The zero-order valence-electron chi connectivity index (χ0n) is 23.7. The summed E-state index contributed by atoms with van der Waals surface area (Å²) in [5, 5.41) is 17.0. The molecule has 2 heterocycles. The molecule has 2 unspecified atom stereocenters. The Morgan fingerprint density at radius 1 is 1.18 bits per heavy atom. The number of carbonyl (C=O) groups excluding carboxylic acids is 2. The van der Waals surface area contributed by atoms with Gasteiger partial charge in [0, 0.05) is 11.8 Å². The van der Waals surface area contributed by atoms with Gasteiger partial charge in [0.15, 0.2) is 5.75 Å². The maximum Gasteiger partial charge on any atom is 0.328 e. The number of ether oxygens (including phenoxy) is 1. The summed E-state index contributed by atoms with van der Waals surface area (Å²) in [6, 6.07) is 7.06. The number of hydrogen-bond donors (Lipinski definition) is 3. The van der Waals surface area contributed by atoms with Crippen LogP contribution in [-0.2, 0) is 9.53 Å². The SMILES string of the molecule is CC.CCC(SC)C(Nc1c(Nc2cccc(C(=O)N3CCC[C@@H]3C(=O)OC)c2O)c(=O)c1=O)c1ccc(C)o1. The number of esters is 1. The van der Waals surface area contributed by atoms with Crippen LogP contribution in [0, 0.1) is 6.92 Å². The van der Waals surface area contributed by atoms with Crippen molar-refractivity contribution in [2.75, 3.05) is 30.5 Å². The third-order valence-electron chi connectivity index (χ3n) is 6.87. The number of rotatable bonds is 10. The number of nitrogens with one attached hydrogen (secondary N) is 2. The molecular formula is C29H37N3O7S. The molecular weight excluding hydrogens is 534 g/mol. The van der Waals surface area contributed by atoms with Crippen LogP contribution >= 0.6 is 11.8 Å². The highest BCUT2D eigenvalue weighted by atomic mass is 32.2. The van der Waals surface area contributed by atoms with E-state index in [9.17, 15) is 24.3 Å². The summed E-state index contributed by atoms with van der Waals surface area (Å²) in [5.41, 5.74) is -1.28. The minimum Gasteiger partial charge on any atom is -0.505 e. The molecule has 0 bridgehead atoms. The average Bonchev–Trinajstić information content (AvgIpc) is 3.64. The number of para-hydroxylation sites is 1. The normalized spacial score (nSPS) is 16.1. The van der Waals surface area contributed by atoms with E-state index in [1.165, 1.54) is 24.1 Å². The molecule has 11 heteroatoms. The van der Waals surface area contributed by atoms with E-state index < -0.39 is 28.8 Å². The van der Waals surface area contributed by atoms with Crippen LogP contribution in [0.3, 0.4) is 0 Å². The Morgan fingerprint density at radius 3 is 2.48 bits per heavy atom. The van der Waals surface area contributed by atoms with Crippen LogP contribution in [0.25, 0.3) is 0 Å². The van der Waals surface area contributed by atoms with Crippen molar-refractivity contribution in [3.05, 3.63) is 67.9 Å². The molecule has 4 rings (SSSR count). The number of carbonyl (C=O) groups is 2. The van der Waals surface area contributed by atoms with E-state index >= 15 is 0 Å². The first-order valence-electron chi connectivity index (χ1n) is 13.4. The molecule has 40 heavy (non-hydrogen) atoms. The lowest BCUT2D eigenvalue weighted by Gasteiger charge is -2.27. The minimum atomic E-state index is -0.736. The molecule has 1 aliphatic rings. The summed E-state index contributed by atoms with van der Waals surface area (Å²) in [7, 11) is 1.26. The zero-order valence-corrected chi connectivity index (χ0v) is 24.5. The second-order valence-electron chi connectivity index (χ2n) is 9.17. The Labute approximate surface area is 237 Å². The second kappa shape index (κ2) is 13.6. The Morgan fingerprint density at radius 2 is 1.88 bits per heavy atom. The van der Waals surface area contributed by atoms with Gasteiger partial charge in [-0.05, 0) is 56.7 Å². The first-order chi connectivity index (χ1) is 19.2. The molecule has 216 valence electrons. The Kier molecular flexibility index (Phi) is 10.4. The van der Waals surface area contributed by atoms with Crippen LogP contribution in [0.5, 0.6) is 5.75 Å². The lowest BCUT2D eigenvalue weighted by Crippen LogP contribution is -2.41. The predicted molar refractivity (Wildman–Crippen MR) is 158 cm³/mol. The summed E-state index contributed by atoms with van der Waals surface area (Å²) >= 11 is 1.61. The number of anilines is 3. The van der Waals surface area contributed by atoms with Gasteiger partial charge in [-0.3, -0.25) is 14.4 Å². The number of aryl methyl sites for hydroxylation is 1. The lowest BCUT2D eigenvalue weighted by molar-refractivity contribution is -0.145. The monoisotopic (exact) mass is 571 g/mol. The molecule has 0 saturated carbocycles. The van der Waals surface area contributed by atoms with Crippen molar-refractivity contribution >= 4 is 40.7 Å². The molecule has 1 amide bonds. The molecule has 1 aliphatic heterocycles. The van der Waals surface area contributed by atoms with Gasteiger partial charge in [0.2, 0.25) is 0 Å². The third-order valence-corrected chi connectivity index (χ3v) is 8.08. The van der Waals surface area contributed by atoms with Crippen LogP contribution in [0.4, 0.5) is 17.1 Å². The van der Waals surface area contributed by atoms with Crippen molar-refractivity contribution < 1.29 is 23.8 Å². The molecule has 3 aromatic rings. The van der Waals surface area contributed by atoms with Crippen molar-refractivity contribution in [2.24, 2.45) is 0 Å². The molecule has 0 aliphatic carbocycles. The van der Waals surface area contributed by atoms with Crippen molar-refractivity contribution in [1.82, 2.24) is 4.90 Å². The van der Waals surface area contributed by atoms with Crippen molar-refractivity contribution in [3.63, 3.8) is 0 Å². The maximum atomic E-state index is 13.2. The largest absolute Gasteiger partial charge is 0.505 e. The minimum absolute atomic E-state index is 0.00672. The number of likely N-dealkylation sites (tertiary alicyclic amines) is 1. The zero-order chi connectivity index (χ0) is 29.6. The van der Waals surface area contributed by atoms with Gasteiger partial charge in [0.05, 0.1) is 24.4 Å². The summed E-state index contributed by atoms with van der Waals surface area (Å²) in [6.45, 7) is 8.21. The van der Waals surface area contributed by atoms with E-state index in [1.54, 1.807) is 17.8 Å². The molecule has 3 N–H and O–H groups in total. The van der Waals surface area contributed by atoms with E-state index in [1.807, 2.05) is 46.1 Å².